The van der Waals surface area contributed by atoms with Crippen molar-refractivity contribution in [1.29, 1.82) is 0 Å². The first kappa shape index (κ1) is 12.6. The molecule has 19 heavy (non-hydrogen) atoms. The summed E-state index contributed by atoms with van der Waals surface area (Å²) in [5.41, 5.74) is 2.96. The van der Waals surface area contributed by atoms with Crippen LogP contribution in [0.25, 0.3) is 0 Å². The lowest BCUT2D eigenvalue weighted by molar-refractivity contribution is 0.562. The van der Waals surface area contributed by atoms with Crippen LogP contribution in [-0.2, 0) is 12.8 Å². The molecule has 3 rings (SSSR count). The first-order valence-electron chi connectivity index (χ1n) is 6.89. The molecular formula is C15H19N3S. The van der Waals surface area contributed by atoms with E-state index in [1.165, 1.54) is 22.7 Å². The van der Waals surface area contributed by atoms with Crippen molar-refractivity contribution in [1.82, 2.24) is 9.36 Å². The minimum Gasteiger partial charge on any atom is -0.358 e. The summed E-state index contributed by atoms with van der Waals surface area (Å²) < 4.78 is 4.53. The zero-order valence-electron chi connectivity index (χ0n) is 11.4. The topological polar surface area (TPSA) is 37.8 Å². The highest BCUT2D eigenvalue weighted by Crippen LogP contribution is 2.32. The molecule has 2 aromatic rings. The van der Waals surface area contributed by atoms with Crippen LogP contribution in [0.15, 0.2) is 24.3 Å². The number of hydrogen-bond donors (Lipinski definition) is 1. The van der Waals surface area contributed by atoms with E-state index in [-0.39, 0.29) is 0 Å². The van der Waals surface area contributed by atoms with E-state index in [1.54, 1.807) is 0 Å². The maximum absolute atomic E-state index is 4.64. The Morgan fingerprint density at radius 1 is 1.26 bits per heavy atom. The Balaban J connectivity index is 1.76. The standard InChI is InChI=1S/C15H19N3S/c1-10(2)16-15-17-14(18-19-15)13-8-7-11-5-3-4-6-12(11)9-13/h3-6,10,13H,7-9H2,1-2H3,(H,16,17,18). The summed E-state index contributed by atoms with van der Waals surface area (Å²) in [5.74, 6) is 1.50. The van der Waals surface area contributed by atoms with Gasteiger partial charge in [0.15, 0.2) is 0 Å². The fourth-order valence-electron chi connectivity index (χ4n) is 2.62. The second-order valence-corrected chi connectivity index (χ2v) is 6.22. The Bertz CT molecular complexity index is 562. The maximum Gasteiger partial charge on any atom is 0.202 e. The van der Waals surface area contributed by atoms with Gasteiger partial charge in [0.1, 0.15) is 5.82 Å². The summed E-state index contributed by atoms with van der Waals surface area (Å²) in [6.07, 6.45) is 3.38. The molecule has 1 aliphatic carbocycles. The highest BCUT2D eigenvalue weighted by Gasteiger charge is 2.23. The minimum atomic E-state index is 0.410. The van der Waals surface area contributed by atoms with Gasteiger partial charge in [0.2, 0.25) is 5.13 Å². The fraction of sp³-hybridized carbons (Fsp3) is 0.467. The van der Waals surface area contributed by atoms with Crippen molar-refractivity contribution < 1.29 is 0 Å². The molecule has 0 fully saturated rings. The number of fused-ring (bicyclic) bond motifs is 1. The number of nitrogens with one attached hydrogen (secondary N) is 1. The van der Waals surface area contributed by atoms with Gasteiger partial charge in [0.05, 0.1) is 0 Å². The highest BCUT2D eigenvalue weighted by molar-refractivity contribution is 7.09. The van der Waals surface area contributed by atoms with Crippen molar-refractivity contribution in [3.63, 3.8) is 0 Å². The van der Waals surface area contributed by atoms with Crippen LogP contribution in [0, 0.1) is 0 Å². The van der Waals surface area contributed by atoms with Gasteiger partial charge in [-0.25, -0.2) is 4.98 Å². The maximum atomic E-state index is 4.64. The number of aryl methyl sites for hydroxylation is 1. The molecule has 1 aromatic heterocycles. The number of anilines is 1. The number of nitrogens with zero attached hydrogens (tertiary/aromatic N) is 2. The molecule has 4 heteroatoms. The molecule has 0 spiro atoms. The molecule has 3 nitrogen and oxygen atoms in total. The molecule has 1 N–H and O–H groups in total. The molecule has 0 bridgehead atoms. The van der Waals surface area contributed by atoms with Crippen LogP contribution >= 0.6 is 11.5 Å². The van der Waals surface area contributed by atoms with Crippen LogP contribution in [-0.4, -0.2) is 15.4 Å². The molecule has 1 heterocycles. The van der Waals surface area contributed by atoms with Crippen molar-refractivity contribution in [2.24, 2.45) is 0 Å². The molecule has 1 unspecified atom stereocenters. The third-order valence-electron chi connectivity index (χ3n) is 3.57. The Morgan fingerprint density at radius 3 is 2.84 bits per heavy atom. The zero-order valence-corrected chi connectivity index (χ0v) is 12.2. The molecule has 1 aromatic carbocycles. The van der Waals surface area contributed by atoms with Crippen molar-refractivity contribution >= 4 is 16.7 Å². The second kappa shape index (κ2) is 5.29. The van der Waals surface area contributed by atoms with Gasteiger partial charge < -0.3 is 5.32 Å². The average Bonchev–Trinajstić information content (AvgIpc) is 2.86. The summed E-state index contributed by atoms with van der Waals surface area (Å²) in [4.78, 5) is 4.64. The van der Waals surface area contributed by atoms with Crippen LogP contribution in [0.4, 0.5) is 5.13 Å². The van der Waals surface area contributed by atoms with E-state index in [4.69, 9.17) is 0 Å². The van der Waals surface area contributed by atoms with Gasteiger partial charge in [-0.05, 0) is 44.2 Å². The Hall–Kier alpha value is -1.42. The molecule has 1 atom stereocenters. The molecule has 1 aliphatic rings. The first-order valence-corrected chi connectivity index (χ1v) is 7.66. The van der Waals surface area contributed by atoms with Gasteiger partial charge in [-0.2, -0.15) is 4.37 Å². The summed E-state index contributed by atoms with van der Waals surface area (Å²) in [6, 6.07) is 9.15. The zero-order chi connectivity index (χ0) is 13.2. The molecule has 0 saturated heterocycles. The van der Waals surface area contributed by atoms with Crippen LogP contribution in [0.5, 0.6) is 0 Å². The van der Waals surface area contributed by atoms with Crippen molar-refractivity contribution in [3.8, 4) is 0 Å². The summed E-state index contributed by atoms with van der Waals surface area (Å²) >= 11 is 1.48. The third kappa shape index (κ3) is 2.78. The number of aromatic nitrogens is 2. The first-order chi connectivity index (χ1) is 9.22. The average molecular weight is 273 g/mol. The van der Waals surface area contributed by atoms with Crippen molar-refractivity contribution in [3.05, 3.63) is 41.2 Å². The Morgan fingerprint density at radius 2 is 2.05 bits per heavy atom. The van der Waals surface area contributed by atoms with Crippen molar-refractivity contribution in [2.45, 2.75) is 45.1 Å². The molecule has 100 valence electrons. The molecule has 0 amide bonds. The van der Waals surface area contributed by atoms with E-state index < -0.39 is 0 Å². The van der Waals surface area contributed by atoms with E-state index in [1.807, 2.05) is 0 Å². The lowest BCUT2D eigenvalue weighted by atomic mass is 9.83. The summed E-state index contributed by atoms with van der Waals surface area (Å²) in [5, 5.41) is 4.28. The molecule has 0 aliphatic heterocycles. The van der Waals surface area contributed by atoms with Crippen LogP contribution in [0.2, 0.25) is 0 Å². The van der Waals surface area contributed by atoms with Gasteiger partial charge in [0.25, 0.3) is 0 Å². The monoisotopic (exact) mass is 273 g/mol. The number of hydrogen-bond acceptors (Lipinski definition) is 4. The van der Waals surface area contributed by atoms with Gasteiger partial charge in [-0.1, -0.05) is 24.3 Å². The highest BCUT2D eigenvalue weighted by atomic mass is 32.1. The van der Waals surface area contributed by atoms with Gasteiger partial charge >= 0.3 is 0 Å². The van der Waals surface area contributed by atoms with E-state index in [0.717, 1.165) is 30.2 Å². The van der Waals surface area contributed by atoms with Gasteiger partial charge in [-0.15, -0.1) is 0 Å². The molecule has 0 radical (unpaired) electrons. The lowest BCUT2D eigenvalue weighted by Crippen LogP contribution is -2.14. The van der Waals surface area contributed by atoms with Gasteiger partial charge in [-0.3, -0.25) is 0 Å². The number of rotatable bonds is 3. The van der Waals surface area contributed by atoms with Crippen LogP contribution in [0.3, 0.4) is 0 Å². The minimum absolute atomic E-state index is 0.410. The van der Waals surface area contributed by atoms with Crippen molar-refractivity contribution in [2.75, 3.05) is 5.32 Å². The van der Waals surface area contributed by atoms with E-state index in [2.05, 4.69) is 52.8 Å². The molecular weight excluding hydrogens is 254 g/mol. The third-order valence-corrected chi connectivity index (χ3v) is 4.23. The fourth-order valence-corrected chi connectivity index (χ4v) is 3.42. The summed E-state index contributed by atoms with van der Waals surface area (Å²) in [6.45, 7) is 4.25. The molecule has 0 saturated carbocycles. The Kier molecular flexibility index (Phi) is 3.51. The number of benzene rings is 1. The predicted octanol–water partition coefficient (Wildman–Crippen LogP) is 3.63. The lowest BCUT2D eigenvalue weighted by Gasteiger charge is -2.22. The SMILES string of the molecule is CC(C)Nc1nc(C2CCc3ccccc3C2)ns1. The van der Waals surface area contributed by atoms with E-state index >= 15 is 0 Å². The Labute approximate surface area is 118 Å². The van der Waals surface area contributed by atoms with E-state index in [9.17, 15) is 0 Å². The van der Waals surface area contributed by atoms with Crippen LogP contribution < -0.4 is 5.32 Å². The van der Waals surface area contributed by atoms with Crippen LogP contribution in [0.1, 0.15) is 43.1 Å². The normalized spacial score (nSPS) is 18.4. The van der Waals surface area contributed by atoms with Gasteiger partial charge in [0, 0.05) is 23.5 Å². The smallest absolute Gasteiger partial charge is 0.202 e. The predicted molar refractivity (Wildman–Crippen MR) is 79.9 cm³/mol. The van der Waals surface area contributed by atoms with E-state index in [0.29, 0.717) is 12.0 Å². The summed E-state index contributed by atoms with van der Waals surface area (Å²) in [7, 11) is 0. The quantitative estimate of drug-likeness (QED) is 0.928. The largest absolute Gasteiger partial charge is 0.358 e. The second-order valence-electron chi connectivity index (χ2n) is 5.47.